The van der Waals surface area contributed by atoms with Crippen LogP contribution in [0.3, 0.4) is 0 Å². The third-order valence-electron chi connectivity index (χ3n) is 2.84. The van der Waals surface area contributed by atoms with Gasteiger partial charge in [-0.3, -0.25) is 9.59 Å². The maximum atomic E-state index is 11.8. The number of amides is 1. The number of Topliss-reactive ketones (excluding diaryl/α,β-unsaturated/α-hetero) is 1. The Hall–Kier alpha value is -2.53. The molecule has 112 valence electrons. The van der Waals surface area contributed by atoms with Crippen LogP contribution < -0.4 is 5.32 Å². The second kappa shape index (κ2) is 8.05. The minimum absolute atomic E-state index is 0.0749. The lowest BCUT2D eigenvalue weighted by atomic mass is 10.2. The Morgan fingerprint density at radius 1 is 1.14 bits per heavy atom. The molecule has 0 atom stereocenters. The van der Waals surface area contributed by atoms with Crippen molar-refractivity contribution >= 4 is 34.8 Å². The molecule has 1 amide bonds. The van der Waals surface area contributed by atoms with Crippen LogP contribution in [-0.2, 0) is 4.79 Å². The van der Waals surface area contributed by atoms with Crippen LogP contribution in [0.25, 0.3) is 6.08 Å². The van der Waals surface area contributed by atoms with Crippen molar-refractivity contribution in [1.29, 1.82) is 0 Å². The first-order valence-corrected chi connectivity index (χ1v) is 7.15. The number of thiocarbonyl (C=S) groups is 1. The van der Waals surface area contributed by atoms with Gasteiger partial charge in [-0.1, -0.05) is 42.5 Å². The third kappa shape index (κ3) is 5.10. The maximum absolute atomic E-state index is 11.8. The number of rotatable bonds is 7. The lowest BCUT2D eigenvalue weighted by Crippen LogP contribution is -2.28. The molecule has 0 bridgehead atoms. The van der Waals surface area contributed by atoms with Gasteiger partial charge in [-0.25, -0.2) is 0 Å². The SMILES string of the molecule is O=C(/C=C/c1ccccc1)NCC(=S)CC(=O)c1ccco1. The molecule has 2 aromatic rings. The summed E-state index contributed by atoms with van der Waals surface area (Å²) in [6.07, 6.45) is 4.66. The minimum Gasteiger partial charge on any atom is -0.461 e. The van der Waals surface area contributed by atoms with Gasteiger partial charge in [0.2, 0.25) is 11.7 Å². The van der Waals surface area contributed by atoms with Gasteiger partial charge in [0.25, 0.3) is 0 Å². The Morgan fingerprint density at radius 2 is 1.91 bits per heavy atom. The van der Waals surface area contributed by atoms with Crippen LogP contribution in [-0.4, -0.2) is 23.1 Å². The topological polar surface area (TPSA) is 59.3 Å². The van der Waals surface area contributed by atoms with Crippen LogP contribution >= 0.6 is 12.2 Å². The second-order valence-electron chi connectivity index (χ2n) is 4.58. The number of furan rings is 1. The highest BCUT2D eigenvalue weighted by molar-refractivity contribution is 7.80. The highest BCUT2D eigenvalue weighted by Crippen LogP contribution is 2.05. The molecule has 1 N–H and O–H groups in total. The van der Waals surface area contributed by atoms with Crippen molar-refractivity contribution in [2.45, 2.75) is 6.42 Å². The van der Waals surface area contributed by atoms with E-state index in [1.54, 1.807) is 18.2 Å². The first-order chi connectivity index (χ1) is 10.6. The number of nitrogens with one attached hydrogen (secondary N) is 1. The lowest BCUT2D eigenvalue weighted by Gasteiger charge is -2.03. The molecule has 22 heavy (non-hydrogen) atoms. The fourth-order valence-electron chi connectivity index (χ4n) is 1.75. The van der Waals surface area contributed by atoms with Gasteiger partial charge in [0.1, 0.15) is 0 Å². The van der Waals surface area contributed by atoms with Gasteiger partial charge in [0, 0.05) is 23.9 Å². The van der Waals surface area contributed by atoms with Gasteiger partial charge in [0.15, 0.2) is 5.76 Å². The Morgan fingerprint density at radius 3 is 2.59 bits per heavy atom. The van der Waals surface area contributed by atoms with Crippen LogP contribution in [0.4, 0.5) is 0 Å². The van der Waals surface area contributed by atoms with Gasteiger partial charge < -0.3 is 9.73 Å². The van der Waals surface area contributed by atoms with E-state index < -0.39 is 0 Å². The summed E-state index contributed by atoms with van der Waals surface area (Å²) in [6.45, 7) is 0.180. The van der Waals surface area contributed by atoms with Gasteiger partial charge in [0.05, 0.1) is 6.26 Å². The smallest absolute Gasteiger partial charge is 0.244 e. The van der Waals surface area contributed by atoms with Crippen LogP contribution in [0, 0.1) is 0 Å². The van der Waals surface area contributed by atoms with E-state index in [2.05, 4.69) is 5.32 Å². The van der Waals surface area contributed by atoms with E-state index >= 15 is 0 Å². The van der Waals surface area contributed by atoms with Crippen molar-refractivity contribution in [3.05, 3.63) is 66.1 Å². The summed E-state index contributed by atoms with van der Waals surface area (Å²) in [5.74, 6) is -0.168. The molecule has 0 saturated heterocycles. The number of ketones is 1. The van der Waals surface area contributed by atoms with Gasteiger partial charge in [-0.05, 0) is 23.8 Å². The van der Waals surface area contributed by atoms with Crippen LogP contribution in [0.1, 0.15) is 22.5 Å². The minimum atomic E-state index is -0.253. The average molecular weight is 313 g/mol. The largest absolute Gasteiger partial charge is 0.461 e. The molecule has 0 saturated carbocycles. The predicted molar refractivity (Wildman–Crippen MR) is 88.7 cm³/mol. The molecule has 0 aliphatic carbocycles. The van der Waals surface area contributed by atoms with Crippen molar-refractivity contribution in [2.75, 3.05) is 6.54 Å². The zero-order valence-corrected chi connectivity index (χ0v) is 12.6. The molecular formula is C17H15NO3S. The molecule has 0 unspecified atom stereocenters. The molecule has 0 aliphatic rings. The van der Waals surface area contributed by atoms with Gasteiger partial charge in [-0.2, -0.15) is 0 Å². The van der Waals surface area contributed by atoms with E-state index in [-0.39, 0.29) is 30.4 Å². The summed E-state index contributed by atoms with van der Waals surface area (Å²) in [5, 5.41) is 2.65. The van der Waals surface area contributed by atoms with E-state index in [0.717, 1.165) is 5.56 Å². The van der Waals surface area contributed by atoms with Crippen molar-refractivity contribution in [3.8, 4) is 0 Å². The maximum Gasteiger partial charge on any atom is 0.244 e. The molecule has 4 nitrogen and oxygen atoms in total. The summed E-state index contributed by atoms with van der Waals surface area (Å²) >= 11 is 5.10. The number of benzene rings is 1. The zero-order chi connectivity index (χ0) is 15.8. The fraction of sp³-hybridized carbons (Fsp3) is 0.118. The van der Waals surface area contributed by atoms with Crippen LogP contribution in [0.15, 0.2) is 59.2 Å². The summed E-state index contributed by atoms with van der Waals surface area (Å²) in [7, 11) is 0. The predicted octanol–water partition coefficient (Wildman–Crippen LogP) is 3.05. The highest BCUT2D eigenvalue weighted by atomic mass is 32.1. The number of hydrogen-bond acceptors (Lipinski definition) is 4. The summed E-state index contributed by atoms with van der Waals surface area (Å²) in [5.41, 5.74) is 0.938. The Labute approximate surface area is 133 Å². The molecule has 5 heteroatoms. The monoisotopic (exact) mass is 313 g/mol. The van der Waals surface area contributed by atoms with Crippen molar-refractivity contribution in [2.24, 2.45) is 0 Å². The van der Waals surface area contributed by atoms with E-state index in [0.29, 0.717) is 4.86 Å². The summed E-state index contributed by atoms with van der Waals surface area (Å²) < 4.78 is 5.00. The third-order valence-corrected chi connectivity index (χ3v) is 3.13. The Balaban J connectivity index is 1.75. The Kier molecular flexibility index (Phi) is 5.80. The molecule has 0 spiro atoms. The number of hydrogen-bond donors (Lipinski definition) is 1. The molecule has 0 fully saturated rings. The fourth-order valence-corrected chi connectivity index (χ4v) is 1.95. The quantitative estimate of drug-likeness (QED) is 0.485. The van der Waals surface area contributed by atoms with Crippen molar-refractivity contribution in [3.63, 3.8) is 0 Å². The molecular weight excluding hydrogens is 298 g/mol. The molecule has 2 rings (SSSR count). The zero-order valence-electron chi connectivity index (χ0n) is 11.8. The second-order valence-corrected chi connectivity index (χ2v) is 5.16. The number of carbonyl (C=O) groups excluding carboxylic acids is 2. The van der Waals surface area contributed by atoms with Crippen LogP contribution in [0.2, 0.25) is 0 Å². The molecule has 0 aliphatic heterocycles. The van der Waals surface area contributed by atoms with Crippen LogP contribution in [0.5, 0.6) is 0 Å². The normalized spacial score (nSPS) is 10.5. The van der Waals surface area contributed by atoms with E-state index in [4.69, 9.17) is 16.6 Å². The highest BCUT2D eigenvalue weighted by Gasteiger charge is 2.11. The van der Waals surface area contributed by atoms with Crippen molar-refractivity contribution in [1.82, 2.24) is 5.32 Å². The average Bonchev–Trinajstić information content (AvgIpc) is 3.06. The molecule has 1 heterocycles. The van der Waals surface area contributed by atoms with E-state index in [1.165, 1.54) is 12.3 Å². The molecule has 0 radical (unpaired) electrons. The lowest BCUT2D eigenvalue weighted by molar-refractivity contribution is -0.116. The summed E-state index contributed by atoms with van der Waals surface area (Å²) in [4.78, 5) is 23.9. The summed E-state index contributed by atoms with van der Waals surface area (Å²) in [6, 6.07) is 12.7. The number of carbonyl (C=O) groups is 2. The van der Waals surface area contributed by atoms with Gasteiger partial charge in [-0.15, -0.1) is 0 Å². The first-order valence-electron chi connectivity index (χ1n) is 6.74. The van der Waals surface area contributed by atoms with Crippen molar-refractivity contribution < 1.29 is 14.0 Å². The standard InChI is InChI=1S/C17H15NO3S/c19-15(16-7-4-10-21-16)11-14(22)12-18-17(20)9-8-13-5-2-1-3-6-13/h1-10H,11-12H2,(H,18,20)/b9-8+. The van der Waals surface area contributed by atoms with Gasteiger partial charge >= 0.3 is 0 Å². The van der Waals surface area contributed by atoms with E-state index in [9.17, 15) is 9.59 Å². The molecule has 1 aromatic carbocycles. The first kappa shape index (κ1) is 15.9. The Bertz CT molecular complexity index is 675. The molecule has 1 aromatic heterocycles. The van der Waals surface area contributed by atoms with E-state index in [1.807, 2.05) is 30.3 Å².